The Kier molecular flexibility index (Phi) is 4.36. The molecule has 0 atom stereocenters. The summed E-state index contributed by atoms with van der Waals surface area (Å²) in [4.78, 5) is 10.3. The lowest BCUT2D eigenvalue weighted by Crippen LogP contribution is -1.97. The molecule has 104 valence electrons. The number of nitro groups is 1. The maximum atomic E-state index is 10.7. The van der Waals surface area contributed by atoms with Gasteiger partial charge in [0.05, 0.1) is 4.92 Å². The van der Waals surface area contributed by atoms with Crippen LogP contribution in [0.15, 0.2) is 40.9 Å². The van der Waals surface area contributed by atoms with E-state index in [-0.39, 0.29) is 5.69 Å². The molecule has 2 N–H and O–H groups in total. The summed E-state index contributed by atoms with van der Waals surface area (Å²) in [6.07, 6.45) is 0. The molecule has 0 spiro atoms. The topological polar surface area (TPSA) is 78.4 Å². The highest BCUT2D eigenvalue weighted by Gasteiger charge is 2.10. The van der Waals surface area contributed by atoms with Crippen molar-refractivity contribution >= 4 is 21.6 Å². The van der Waals surface area contributed by atoms with Crippen molar-refractivity contribution in [2.24, 2.45) is 5.73 Å². The van der Waals surface area contributed by atoms with E-state index in [1.165, 1.54) is 12.1 Å². The number of benzene rings is 2. The van der Waals surface area contributed by atoms with Crippen LogP contribution in [0.3, 0.4) is 0 Å². The quantitative estimate of drug-likeness (QED) is 0.677. The van der Waals surface area contributed by atoms with Crippen LogP contribution >= 0.6 is 15.9 Å². The third-order valence-electron chi connectivity index (χ3n) is 2.84. The van der Waals surface area contributed by atoms with Gasteiger partial charge in [-0.2, -0.15) is 0 Å². The molecule has 0 aliphatic heterocycles. The van der Waals surface area contributed by atoms with Crippen LogP contribution in [-0.2, 0) is 6.54 Å². The van der Waals surface area contributed by atoms with Crippen LogP contribution < -0.4 is 10.5 Å². The number of hydrogen-bond acceptors (Lipinski definition) is 4. The van der Waals surface area contributed by atoms with Crippen molar-refractivity contribution < 1.29 is 9.66 Å². The number of nitrogens with zero attached hydrogens (tertiary/aromatic N) is 1. The third-order valence-corrected chi connectivity index (χ3v) is 3.58. The van der Waals surface area contributed by atoms with Crippen LogP contribution in [0, 0.1) is 17.0 Å². The Bertz CT molecular complexity index is 659. The molecule has 2 rings (SSSR count). The summed E-state index contributed by atoms with van der Waals surface area (Å²) in [5.41, 5.74) is 7.33. The fourth-order valence-corrected chi connectivity index (χ4v) is 2.27. The molecule has 0 saturated heterocycles. The minimum absolute atomic E-state index is 0.0505. The summed E-state index contributed by atoms with van der Waals surface area (Å²) in [7, 11) is 0. The highest BCUT2D eigenvalue weighted by Crippen LogP contribution is 2.30. The van der Waals surface area contributed by atoms with E-state index in [0.717, 1.165) is 10.0 Å². The van der Waals surface area contributed by atoms with Crippen molar-refractivity contribution in [3.8, 4) is 11.5 Å². The molecule has 2 aromatic rings. The average Bonchev–Trinajstić information content (AvgIpc) is 2.41. The predicted molar refractivity (Wildman–Crippen MR) is 79.9 cm³/mol. The van der Waals surface area contributed by atoms with Crippen molar-refractivity contribution in [1.29, 1.82) is 0 Å². The first-order valence-electron chi connectivity index (χ1n) is 5.92. The molecule has 0 saturated carbocycles. The molecule has 0 amide bonds. The number of rotatable bonds is 4. The normalized spacial score (nSPS) is 10.3. The van der Waals surface area contributed by atoms with Gasteiger partial charge in [0.25, 0.3) is 5.69 Å². The number of aryl methyl sites for hydroxylation is 1. The highest BCUT2D eigenvalue weighted by atomic mass is 79.9. The smallest absolute Gasteiger partial charge is 0.269 e. The van der Waals surface area contributed by atoms with Gasteiger partial charge in [-0.1, -0.05) is 22.0 Å². The van der Waals surface area contributed by atoms with Crippen molar-refractivity contribution in [1.82, 2.24) is 0 Å². The standard InChI is InChI=1S/C14H13BrN2O3/c1-9-6-11(17(18)19)3-5-14(9)20-12-4-2-10(8-16)13(15)7-12/h2-7H,8,16H2,1H3. The van der Waals surface area contributed by atoms with Gasteiger partial charge in [-0.05, 0) is 36.2 Å². The molecule has 6 heteroatoms. The minimum Gasteiger partial charge on any atom is -0.457 e. The van der Waals surface area contributed by atoms with Crippen LogP contribution in [0.4, 0.5) is 5.69 Å². The lowest BCUT2D eigenvalue weighted by molar-refractivity contribution is -0.384. The molecule has 2 aromatic carbocycles. The Hall–Kier alpha value is -1.92. The SMILES string of the molecule is Cc1cc([N+](=O)[O-])ccc1Oc1ccc(CN)c(Br)c1. The van der Waals surface area contributed by atoms with Gasteiger partial charge in [-0.15, -0.1) is 0 Å². The zero-order valence-corrected chi connectivity index (χ0v) is 12.4. The molecular weight excluding hydrogens is 324 g/mol. The molecule has 0 bridgehead atoms. The van der Waals surface area contributed by atoms with Gasteiger partial charge in [0.2, 0.25) is 0 Å². The number of halogens is 1. The van der Waals surface area contributed by atoms with Crippen LogP contribution in [0.5, 0.6) is 11.5 Å². The van der Waals surface area contributed by atoms with E-state index < -0.39 is 4.92 Å². The first kappa shape index (κ1) is 14.5. The van der Waals surface area contributed by atoms with Crippen LogP contribution in [0.25, 0.3) is 0 Å². The number of nitrogens with two attached hydrogens (primary N) is 1. The average molecular weight is 337 g/mol. The van der Waals surface area contributed by atoms with Gasteiger partial charge < -0.3 is 10.5 Å². The second kappa shape index (κ2) is 6.02. The van der Waals surface area contributed by atoms with Crippen molar-refractivity contribution in [2.45, 2.75) is 13.5 Å². The fourth-order valence-electron chi connectivity index (χ4n) is 1.75. The molecule has 5 nitrogen and oxygen atoms in total. The molecule has 0 aliphatic rings. The Morgan fingerprint density at radius 3 is 2.60 bits per heavy atom. The fraction of sp³-hybridized carbons (Fsp3) is 0.143. The van der Waals surface area contributed by atoms with Crippen LogP contribution in [0.2, 0.25) is 0 Å². The minimum atomic E-state index is -0.427. The molecular formula is C14H13BrN2O3. The predicted octanol–water partition coefficient (Wildman–Crippen LogP) is 3.92. The molecule has 0 aromatic heterocycles. The van der Waals surface area contributed by atoms with Crippen molar-refractivity contribution in [3.05, 3.63) is 62.1 Å². The highest BCUT2D eigenvalue weighted by molar-refractivity contribution is 9.10. The van der Waals surface area contributed by atoms with Crippen LogP contribution in [-0.4, -0.2) is 4.92 Å². The molecule has 0 fully saturated rings. The second-order valence-electron chi connectivity index (χ2n) is 4.27. The second-order valence-corrected chi connectivity index (χ2v) is 5.12. The Balaban J connectivity index is 2.26. The number of hydrogen-bond donors (Lipinski definition) is 1. The van der Waals surface area contributed by atoms with Gasteiger partial charge in [-0.3, -0.25) is 10.1 Å². The zero-order valence-electron chi connectivity index (χ0n) is 10.8. The molecule has 20 heavy (non-hydrogen) atoms. The van der Waals surface area contributed by atoms with E-state index in [1.807, 2.05) is 18.2 Å². The summed E-state index contributed by atoms with van der Waals surface area (Å²) in [5.74, 6) is 1.23. The summed E-state index contributed by atoms with van der Waals surface area (Å²) in [6.45, 7) is 2.21. The summed E-state index contributed by atoms with van der Waals surface area (Å²) < 4.78 is 6.60. The number of non-ortho nitro benzene ring substituents is 1. The Morgan fingerprint density at radius 2 is 2.05 bits per heavy atom. The van der Waals surface area contributed by atoms with Gasteiger partial charge in [0, 0.05) is 23.2 Å². The van der Waals surface area contributed by atoms with Crippen molar-refractivity contribution in [2.75, 3.05) is 0 Å². The summed E-state index contributed by atoms with van der Waals surface area (Å²) in [5, 5.41) is 10.7. The lowest BCUT2D eigenvalue weighted by atomic mass is 10.2. The van der Waals surface area contributed by atoms with Gasteiger partial charge in [0.1, 0.15) is 11.5 Å². The number of nitro benzene ring substituents is 1. The molecule has 0 aliphatic carbocycles. The maximum Gasteiger partial charge on any atom is 0.269 e. The largest absolute Gasteiger partial charge is 0.457 e. The third kappa shape index (κ3) is 3.15. The van der Waals surface area contributed by atoms with Crippen LogP contribution in [0.1, 0.15) is 11.1 Å². The Labute approximate surface area is 124 Å². The zero-order chi connectivity index (χ0) is 14.7. The molecule has 0 heterocycles. The number of ether oxygens (including phenoxy) is 1. The van der Waals surface area contributed by atoms with Gasteiger partial charge in [0.15, 0.2) is 0 Å². The molecule has 0 unspecified atom stereocenters. The summed E-state index contributed by atoms with van der Waals surface area (Å²) in [6, 6.07) is 10.0. The first-order valence-corrected chi connectivity index (χ1v) is 6.72. The van der Waals surface area contributed by atoms with Gasteiger partial charge >= 0.3 is 0 Å². The summed E-state index contributed by atoms with van der Waals surface area (Å²) >= 11 is 3.42. The van der Waals surface area contributed by atoms with E-state index in [2.05, 4.69) is 15.9 Å². The van der Waals surface area contributed by atoms with Crippen molar-refractivity contribution in [3.63, 3.8) is 0 Å². The first-order chi connectivity index (χ1) is 9.51. The van der Waals surface area contributed by atoms with E-state index in [9.17, 15) is 10.1 Å². The lowest BCUT2D eigenvalue weighted by Gasteiger charge is -2.10. The van der Waals surface area contributed by atoms with E-state index >= 15 is 0 Å². The van der Waals surface area contributed by atoms with E-state index in [1.54, 1.807) is 13.0 Å². The maximum absolute atomic E-state index is 10.7. The van der Waals surface area contributed by atoms with E-state index in [0.29, 0.717) is 23.6 Å². The van der Waals surface area contributed by atoms with E-state index in [4.69, 9.17) is 10.5 Å². The van der Waals surface area contributed by atoms with Gasteiger partial charge in [-0.25, -0.2) is 0 Å². The monoisotopic (exact) mass is 336 g/mol. The molecule has 0 radical (unpaired) electrons. The Morgan fingerprint density at radius 1 is 1.30 bits per heavy atom.